The molecule has 1 fully saturated rings. The topological polar surface area (TPSA) is 61.2 Å². The molecule has 1 unspecified atom stereocenters. The van der Waals surface area contributed by atoms with Gasteiger partial charge in [-0.25, -0.2) is 4.68 Å². The van der Waals surface area contributed by atoms with Crippen molar-refractivity contribution in [3.05, 3.63) is 65.4 Å². The number of benzene rings is 1. The van der Waals surface area contributed by atoms with Crippen molar-refractivity contribution >= 4 is 0 Å². The van der Waals surface area contributed by atoms with Crippen LogP contribution >= 0.6 is 0 Å². The Morgan fingerprint density at radius 2 is 1.79 bits per heavy atom. The molecular weight excluding hydrogens is 362 g/mol. The minimum absolute atomic E-state index is 0.169. The molecule has 1 aliphatic carbocycles. The van der Waals surface area contributed by atoms with Crippen molar-refractivity contribution in [2.75, 3.05) is 0 Å². The molecule has 1 saturated carbocycles. The van der Waals surface area contributed by atoms with Crippen molar-refractivity contribution in [3.8, 4) is 0 Å². The SMILES string of the molecule is CC(C)(C)c1ccc(C[NH+](Cc2ccco2)Cc2nnnn2C2CCCC2)cc1. The fourth-order valence-corrected chi connectivity index (χ4v) is 4.24. The Kier molecular flexibility index (Phi) is 5.81. The standard InChI is InChI=1S/C23H31N5O/c1-23(2,3)19-12-10-18(11-13-19)15-27(16-21-9-6-14-29-21)17-22-24-25-26-28(22)20-7-4-5-8-20/h6,9-14,20H,4-5,7-8,15-17H2,1-3H3/p+1. The van der Waals surface area contributed by atoms with Gasteiger partial charge in [-0.2, -0.15) is 0 Å². The van der Waals surface area contributed by atoms with E-state index < -0.39 is 0 Å². The van der Waals surface area contributed by atoms with Gasteiger partial charge in [0.2, 0.25) is 5.82 Å². The summed E-state index contributed by atoms with van der Waals surface area (Å²) in [5.74, 6) is 1.97. The maximum Gasteiger partial charge on any atom is 0.206 e. The van der Waals surface area contributed by atoms with Crippen molar-refractivity contribution in [2.24, 2.45) is 0 Å². The highest BCUT2D eigenvalue weighted by atomic mass is 16.3. The van der Waals surface area contributed by atoms with Gasteiger partial charge in [0.25, 0.3) is 0 Å². The van der Waals surface area contributed by atoms with Gasteiger partial charge in [-0.3, -0.25) is 0 Å². The zero-order valence-corrected chi connectivity index (χ0v) is 17.8. The third kappa shape index (κ3) is 4.93. The summed E-state index contributed by atoms with van der Waals surface area (Å²) in [6, 6.07) is 13.5. The fourth-order valence-electron chi connectivity index (χ4n) is 4.24. The molecule has 0 radical (unpaired) electrons. The van der Waals surface area contributed by atoms with Crippen molar-refractivity contribution in [1.82, 2.24) is 20.2 Å². The first kappa shape index (κ1) is 19.8. The summed E-state index contributed by atoms with van der Waals surface area (Å²) < 4.78 is 7.70. The van der Waals surface area contributed by atoms with E-state index in [0.29, 0.717) is 6.04 Å². The van der Waals surface area contributed by atoms with E-state index in [0.717, 1.165) is 31.2 Å². The number of nitrogens with zero attached hydrogens (tertiary/aromatic N) is 4. The average molecular weight is 395 g/mol. The molecule has 29 heavy (non-hydrogen) atoms. The molecule has 1 N–H and O–H groups in total. The minimum Gasteiger partial charge on any atom is -0.463 e. The number of nitrogens with one attached hydrogen (secondary N) is 1. The van der Waals surface area contributed by atoms with Gasteiger partial charge in [0.05, 0.1) is 12.3 Å². The molecule has 3 aromatic rings. The van der Waals surface area contributed by atoms with Crippen LogP contribution < -0.4 is 4.90 Å². The predicted molar refractivity (Wildman–Crippen MR) is 111 cm³/mol. The number of furan rings is 1. The lowest BCUT2D eigenvalue weighted by Crippen LogP contribution is -3.08. The van der Waals surface area contributed by atoms with Crippen LogP contribution in [0.15, 0.2) is 47.1 Å². The van der Waals surface area contributed by atoms with Crippen LogP contribution in [0.5, 0.6) is 0 Å². The molecule has 2 aromatic heterocycles. The molecular formula is C23H32N5O+. The molecule has 6 nitrogen and oxygen atoms in total. The smallest absolute Gasteiger partial charge is 0.206 e. The summed E-state index contributed by atoms with van der Waals surface area (Å²) in [6.45, 7) is 9.25. The molecule has 154 valence electrons. The number of rotatable bonds is 7. The summed E-state index contributed by atoms with van der Waals surface area (Å²) in [5, 5.41) is 12.7. The molecule has 0 bridgehead atoms. The zero-order chi connectivity index (χ0) is 20.3. The van der Waals surface area contributed by atoms with Crippen molar-refractivity contribution in [3.63, 3.8) is 0 Å². The van der Waals surface area contributed by atoms with Crippen molar-refractivity contribution in [2.45, 2.75) is 77.5 Å². The Hall–Kier alpha value is -2.47. The van der Waals surface area contributed by atoms with Crippen molar-refractivity contribution < 1.29 is 9.32 Å². The number of tetrazole rings is 1. The van der Waals surface area contributed by atoms with E-state index in [1.165, 1.54) is 41.7 Å². The molecule has 6 heteroatoms. The first-order chi connectivity index (χ1) is 14.0. The van der Waals surface area contributed by atoms with Gasteiger partial charge in [0.15, 0.2) is 5.76 Å². The predicted octanol–water partition coefficient (Wildman–Crippen LogP) is 3.46. The normalized spacial score (nSPS) is 16.4. The molecule has 1 aliphatic rings. The molecule has 4 rings (SSSR count). The highest BCUT2D eigenvalue weighted by molar-refractivity contribution is 5.27. The van der Waals surface area contributed by atoms with Crippen LogP contribution in [0.2, 0.25) is 0 Å². The van der Waals surface area contributed by atoms with Crippen LogP contribution in [0.3, 0.4) is 0 Å². The van der Waals surface area contributed by atoms with E-state index in [2.05, 4.69) is 65.2 Å². The van der Waals surface area contributed by atoms with Crippen LogP contribution in [0.25, 0.3) is 0 Å². The molecule has 0 aliphatic heterocycles. The van der Waals surface area contributed by atoms with Gasteiger partial charge >= 0.3 is 0 Å². The van der Waals surface area contributed by atoms with Gasteiger partial charge in [0, 0.05) is 5.56 Å². The Labute approximate surface area is 172 Å². The van der Waals surface area contributed by atoms with Crippen LogP contribution in [0, 0.1) is 0 Å². The zero-order valence-electron chi connectivity index (χ0n) is 17.8. The summed E-state index contributed by atoms with van der Waals surface area (Å²) in [4.78, 5) is 1.37. The second-order valence-corrected chi connectivity index (χ2v) is 9.28. The number of hydrogen-bond acceptors (Lipinski definition) is 4. The lowest BCUT2D eigenvalue weighted by Gasteiger charge is -2.21. The first-order valence-electron chi connectivity index (χ1n) is 10.7. The maximum atomic E-state index is 5.64. The van der Waals surface area contributed by atoms with E-state index in [1.54, 1.807) is 6.26 Å². The Morgan fingerprint density at radius 3 is 2.45 bits per heavy atom. The largest absolute Gasteiger partial charge is 0.463 e. The Balaban J connectivity index is 1.52. The quantitative estimate of drug-likeness (QED) is 0.667. The first-order valence-corrected chi connectivity index (χ1v) is 10.7. The summed E-state index contributed by atoms with van der Waals surface area (Å²) >= 11 is 0. The molecule has 2 heterocycles. The van der Waals surface area contributed by atoms with E-state index in [9.17, 15) is 0 Å². The van der Waals surface area contributed by atoms with Crippen LogP contribution in [-0.4, -0.2) is 20.2 Å². The lowest BCUT2D eigenvalue weighted by atomic mass is 9.87. The maximum absolute atomic E-state index is 5.64. The summed E-state index contributed by atoms with van der Waals surface area (Å²) in [7, 11) is 0. The Bertz CT molecular complexity index is 886. The number of hydrogen-bond donors (Lipinski definition) is 1. The molecule has 1 aromatic carbocycles. The van der Waals surface area contributed by atoms with Crippen molar-refractivity contribution in [1.29, 1.82) is 0 Å². The van der Waals surface area contributed by atoms with Crippen LogP contribution in [0.1, 0.15) is 75.2 Å². The summed E-state index contributed by atoms with van der Waals surface area (Å²) in [6.07, 6.45) is 6.65. The number of aromatic nitrogens is 4. The minimum atomic E-state index is 0.169. The fraction of sp³-hybridized carbons (Fsp3) is 0.522. The van der Waals surface area contributed by atoms with Gasteiger partial charge in [-0.15, -0.1) is 5.10 Å². The number of quaternary nitrogens is 1. The molecule has 0 saturated heterocycles. The van der Waals surface area contributed by atoms with Crippen LogP contribution in [0.4, 0.5) is 0 Å². The third-order valence-corrected chi connectivity index (χ3v) is 5.92. The van der Waals surface area contributed by atoms with E-state index in [4.69, 9.17) is 4.42 Å². The van der Waals surface area contributed by atoms with E-state index in [-0.39, 0.29) is 5.41 Å². The molecule has 0 amide bonds. The Morgan fingerprint density at radius 1 is 1.03 bits per heavy atom. The lowest BCUT2D eigenvalue weighted by molar-refractivity contribution is -0.942. The van der Waals surface area contributed by atoms with Gasteiger partial charge in [0.1, 0.15) is 19.6 Å². The highest BCUT2D eigenvalue weighted by Gasteiger charge is 2.24. The van der Waals surface area contributed by atoms with E-state index in [1.807, 2.05) is 12.1 Å². The summed E-state index contributed by atoms with van der Waals surface area (Å²) in [5.41, 5.74) is 2.85. The second kappa shape index (κ2) is 8.49. The van der Waals surface area contributed by atoms with Gasteiger partial charge in [-0.1, -0.05) is 57.9 Å². The monoisotopic (exact) mass is 394 g/mol. The second-order valence-electron chi connectivity index (χ2n) is 9.28. The molecule has 1 atom stereocenters. The van der Waals surface area contributed by atoms with E-state index >= 15 is 0 Å². The average Bonchev–Trinajstić information content (AvgIpc) is 3.44. The third-order valence-electron chi connectivity index (χ3n) is 5.92. The van der Waals surface area contributed by atoms with Gasteiger partial charge < -0.3 is 9.32 Å². The van der Waals surface area contributed by atoms with Crippen LogP contribution in [-0.2, 0) is 25.0 Å². The van der Waals surface area contributed by atoms with Gasteiger partial charge in [-0.05, 0) is 46.4 Å². The highest BCUT2D eigenvalue weighted by Crippen LogP contribution is 2.29. The molecule has 0 spiro atoms.